The van der Waals surface area contributed by atoms with Gasteiger partial charge in [-0.1, -0.05) is 12.2 Å². The molecule has 0 aromatic heterocycles. The summed E-state index contributed by atoms with van der Waals surface area (Å²) in [6.45, 7) is 5.82. The number of benzene rings is 1. The van der Waals surface area contributed by atoms with Gasteiger partial charge in [0.05, 0.1) is 0 Å². The Hall–Kier alpha value is -2.10. The number of carbonyl (C=O) groups excluding carboxylic acids is 2. The quantitative estimate of drug-likeness (QED) is 0.836. The molecule has 1 aromatic rings. The maximum Gasteiger partial charge on any atom is 0.251 e. The third-order valence-electron chi connectivity index (χ3n) is 3.48. The average molecular weight is 300 g/mol. The van der Waals surface area contributed by atoms with Crippen LogP contribution in [0.3, 0.4) is 0 Å². The summed E-state index contributed by atoms with van der Waals surface area (Å²) in [6, 6.07) is 6.98. The first-order chi connectivity index (χ1) is 10.3. The number of allylic oxidation sites excluding steroid dienone is 2. The van der Waals surface area contributed by atoms with Gasteiger partial charge in [-0.15, -0.1) is 0 Å². The summed E-state index contributed by atoms with van der Waals surface area (Å²) in [5.74, 6) is 0.266. The Morgan fingerprint density at radius 2 is 1.86 bits per heavy atom. The van der Waals surface area contributed by atoms with E-state index in [0.717, 1.165) is 18.5 Å². The summed E-state index contributed by atoms with van der Waals surface area (Å²) >= 11 is 0. The predicted molar refractivity (Wildman–Crippen MR) is 88.8 cm³/mol. The van der Waals surface area contributed by atoms with Gasteiger partial charge in [-0.05, 0) is 63.8 Å². The smallest absolute Gasteiger partial charge is 0.251 e. The van der Waals surface area contributed by atoms with E-state index in [1.807, 2.05) is 20.8 Å². The standard InChI is InChI=1S/C18H24N2O2/c1-18(2,3)20-17(22)14-8-10-15(11-9-14)19-16(21)12-13-6-4-5-7-13/h4,6,8-11,13H,5,7,12H2,1-3H3,(H,19,21)(H,20,22). The van der Waals surface area contributed by atoms with Gasteiger partial charge in [0.25, 0.3) is 5.91 Å². The van der Waals surface area contributed by atoms with Crippen LogP contribution in [0.4, 0.5) is 5.69 Å². The topological polar surface area (TPSA) is 58.2 Å². The fraction of sp³-hybridized carbons (Fsp3) is 0.444. The van der Waals surface area contributed by atoms with Gasteiger partial charge >= 0.3 is 0 Å². The average Bonchev–Trinajstić information content (AvgIpc) is 2.90. The van der Waals surface area contributed by atoms with Crippen molar-refractivity contribution >= 4 is 17.5 Å². The highest BCUT2D eigenvalue weighted by molar-refractivity contribution is 5.96. The van der Waals surface area contributed by atoms with Gasteiger partial charge in [0.15, 0.2) is 0 Å². The summed E-state index contributed by atoms with van der Waals surface area (Å²) in [6.07, 6.45) is 6.87. The van der Waals surface area contributed by atoms with Crippen LogP contribution in [0, 0.1) is 5.92 Å². The molecule has 0 aliphatic heterocycles. The van der Waals surface area contributed by atoms with E-state index in [9.17, 15) is 9.59 Å². The lowest BCUT2D eigenvalue weighted by Crippen LogP contribution is -2.40. The van der Waals surface area contributed by atoms with Crippen molar-refractivity contribution in [1.29, 1.82) is 0 Å². The van der Waals surface area contributed by atoms with Crippen LogP contribution < -0.4 is 10.6 Å². The van der Waals surface area contributed by atoms with Gasteiger partial charge in [-0.2, -0.15) is 0 Å². The van der Waals surface area contributed by atoms with Crippen LogP contribution >= 0.6 is 0 Å². The van der Waals surface area contributed by atoms with Crippen LogP contribution in [0.15, 0.2) is 36.4 Å². The van der Waals surface area contributed by atoms with Crippen LogP contribution in [-0.2, 0) is 4.79 Å². The second kappa shape index (κ2) is 6.77. The highest BCUT2D eigenvalue weighted by atomic mass is 16.2. The molecule has 0 bridgehead atoms. The van der Waals surface area contributed by atoms with Crippen molar-refractivity contribution in [2.45, 2.75) is 45.6 Å². The van der Waals surface area contributed by atoms with Gasteiger partial charge in [0, 0.05) is 23.2 Å². The molecular weight excluding hydrogens is 276 g/mol. The van der Waals surface area contributed by atoms with Gasteiger partial charge in [0.1, 0.15) is 0 Å². The molecule has 0 heterocycles. The van der Waals surface area contributed by atoms with Crippen LogP contribution in [0.25, 0.3) is 0 Å². The van der Waals surface area contributed by atoms with Crippen molar-refractivity contribution < 1.29 is 9.59 Å². The van der Waals surface area contributed by atoms with Crippen LogP contribution in [0.5, 0.6) is 0 Å². The second-order valence-electron chi connectivity index (χ2n) is 6.80. The van der Waals surface area contributed by atoms with Crippen molar-refractivity contribution in [3.8, 4) is 0 Å². The van der Waals surface area contributed by atoms with Crippen LogP contribution in [0.1, 0.15) is 50.4 Å². The van der Waals surface area contributed by atoms with Crippen molar-refractivity contribution in [3.63, 3.8) is 0 Å². The first-order valence-electron chi connectivity index (χ1n) is 7.72. The summed E-state index contributed by atoms with van der Waals surface area (Å²) in [5, 5.41) is 5.79. The first kappa shape index (κ1) is 16.3. The molecule has 118 valence electrons. The Labute approximate surface area is 132 Å². The Bertz CT molecular complexity index is 568. The Balaban J connectivity index is 1.89. The number of amides is 2. The minimum Gasteiger partial charge on any atom is -0.347 e. The predicted octanol–water partition coefficient (Wildman–Crippen LogP) is 3.51. The highest BCUT2D eigenvalue weighted by Gasteiger charge is 2.16. The fourth-order valence-electron chi connectivity index (χ4n) is 2.43. The molecule has 4 heteroatoms. The van der Waals surface area contributed by atoms with E-state index in [2.05, 4.69) is 22.8 Å². The van der Waals surface area contributed by atoms with Crippen LogP contribution in [0.2, 0.25) is 0 Å². The van der Waals surface area contributed by atoms with E-state index in [0.29, 0.717) is 17.9 Å². The molecule has 1 aliphatic carbocycles. The Morgan fingerprint density at radius 3 is 2.41 bits per heavy atom. The van der Waals surface area contributed by atoms with Crippen LogP contribution in [-0.4, -0.2) is 17.4 Å². The van der Waals surface area contributed by atoms with Gasteiger partial charge in [-0.3, -0.25) is 9.59 Å². The normalized spacial score (nSPS) is 17.3. The number of nitrogens with one attached hydrogen (secondary N) is 2. The van der Waals surface area contributed by atoms with E-state index in [4.69, 9.17) is 0 Å². The zero-order valence-corrected chi connectivity index (χ0v) is 13.5. The van der Waals surface area contributed by atoms with Crippen molar-refractivity contribution in [3.05, 3.63) is 42.0 Å². The van der Waals surface area contributed by atoms with Gasteiger partial charge in [0.2, 0.25) is 5.91 Å². The molecular formula is C18H24N2O2. The van der Waals surface area contributed by atoms with Crippen molar-refractivity contribution in [2.75, 3.05) is 5.32 Å². The van der Waals surface area contributed by atoms with E-state index < -0.39 is 0 Å². The lowest BCUT2D eigenvalue weighted by Gasteiger charge is -2.20. The van der Waals surface area contributed by atoms with Crippen molar-refractivity contribution in [2.24, 2.45) is 5.92 Å². The summed E-state index contributed by atoms with van der Waals surface area (Å²) in [4.78, 5) is 24.0. The van der Waals surface area contributed by atoms with E-state index in [1.54, 1.807) is 24.3 Å². The third-order valence-corrected chi connectivity index (χ3v) is 3.48. The molecule has 0 radical (unpaired) electrons. The molecule has 0 fully saturated rings. The molecule has 2 rings (SSSR count). The summed E-state index contributed by atoms with van der Waals surface area (Å²) < 4.78 is 0. The Kier molecular flexibility index (Phi) is 5.01. The Morgan fingerprint density at radius 1 is 1.18 bits per heavy atom. The summed E-state index contributed by atoms with van der Waals surface area (Å²) in [7, 11) is 0. The molecule has 0 spiro atoms. The molecule has 1 aromatic carbocycles. The lowest BCUT2D eigenvalue weighted by molar-refractivity contribution is -0.116. The zero-order chi connectivity index (χ0) is 16.2. The van der Waals surface area contributed by atoms with E-state index in [-0.39, 0.29) is 17.4 Å². The molecule has 4 nitrogen and oxygen atoms in total. The third kappa shape index (κ3) is 5.02. The molecule has 0 saturated heterocycles. The number of anilines is 1. The number of hydrogen-bond acceptors (Lipinski definition) is 2. The molecule has 2 N–H and O–H groups in total. The molecule has 1 aliphatic rings. The maximum atomic E-state index is 12.0. The fourth-order valence-corrected chi connectivity index (χ4v) is 2.43. The SMILES string of the molecule is CC(C)(C)NC(=O)c1ccc(NC(=O)CC2C=CCC2)cc1. The zero-order valence-electron chi connectivity index (χ0n) is 13.5. The minimum atomic E-state index is -0.265. The summed E-state index contributed by atoms with van der Waals surface area (Å²) in [5.41, 5.74) is 1.05. The molecule has 2 amide bonds. The van der Waals surface area contributed by atoms with Gasteiger partial charge < -0.3 is 10.6 Å². The lowest BCUT2D eigenvalue weighted by atomic mass is 10.0. The minimum absolute atomic E-state index is 0.0171. The number of carbonyl (C=O) groups is 2. The molecule has 1 unspecified atom stereocenters. The second-order valence-corrected chi connectivity index (χ2v) is 6.80. The molecule has 0 saturated carbocycles. The molecule has 22 heavy (non-hydrogen) atoms. The highest BCUT2D eigenvalue weighted by Crippen LogP contribution is 2.21. The first-order valence-corrected chi connectivity index (χ1v) is 7.72. The monoisotopic (exact) mass is 300 g/mol. The van der Waals surface area contributed by atoms with E-state index >= 15 is 0 Å². The maximum absolute atomic E-state index is 12.0. The van der Waals surface area contributed by atoms with Gasteiger partial charge in [-0.25, -0.2) is 0 Å². The van der Waals surface area contributed by atoms with Crippen molar-refractivity contribution in [1.82, 2.24) is 5.32 Å². The number of rotatable bonds is 4. The largest absolute Gasteiger partial charge is 0.347 e. The number of hydrogen-bond donors (Lipinski definition) is 2. The molecule has 1 atom stereocenters. The van der Waals surface area contributed by atoms with E-state index in [1.165, 1.54) is 0 Å².